The number of hydrogen-bond acceptors (Lipinski definition) is 5. The molecule has 0 saturated carbocycles. The van der Waals surface area contributed by atoms with Crippen molar-refractivity contribution in [3.05, 3.63) is 69.2 Å². The van der Waals surface area contributed by atoms with E-state index in [9.17, 15) is 20.4 Å². The highest BCUT2D eigenvalue weighted by molar-refractivity contribution is 6.44. The smallest absolute Gasteiger partial charge is 0.113 e. The van der Waals surface area contributed by atoms with E-state index in [0.29, 0.717) is 21.7 Å². The van der Waals surface area contributed by atoms with Crippen molar-refractivity contribution in [2.75, 3.05) is 6.61 Å². The lowest BCUT2D eigenvalue weighted by Crippen LogP contribution is -2.55. The zero-order valence-electron chi connectivity index (χ0n) is 15.7. The zero-order chi connectivity index (χ0) is 20.9. The molecule has 1 saturated heterocycles. The van der Waals surface area contributed by atoms with Crippen molar-refractivity contribution in [1.82, 2.24) is 0 Å². The van der Waals surface area contributed by atoms with Crippen molar-refractivity contribution in [2.24, 2.45) is 0 Å². The first kappa shape index (κ1) is 20.9. The van der Waals surface area contributed by atoms with E-state index in [4.69, 9.17) is 32.0 Å². The van der Waals surface area contributed by atoms with E-state index in [2.05, 4.69) is 0 Å². The summed E-state index contributed by atoms with van der Waals surface area (Å²) in [6.45, 7) is -0.505. The Hall–Kier alpha value is -1.34. The minimum absolute atomic E-state index is 0.353. The number of fused-ring (bicyclic) bond motifs is 1. The Balaban J connectivity index is 1.71. The van der Waals surface area contributed by atoms with Gasteiger partial charge in [0.05, 0.1) is 22.3 Å². The van der Waals surface area contributed by atoms with Crippen LogP contribution in [-0.4, -0.2) is 67.1 Å². The fourth-order valence-corrected chi connectivity index (χ4v) is 4.30. The zero-order valence-corrected chi connectivity index (χ0v) is 16.5. The third kappa shape index (κ3) is 3.54. The van der Waals surface area contributed by atoms with Gasteiger partial charge in [-0.15, -0.1) is 0 Å². The van der Waals surface area contributed by atoms with Crippen LogP contribution in [0.15, 0.2) is 36.4 Å². The Kier molecular flexibility index (Phi) is 5.57. The van der Waals surface area contributed by atoms with Crippen LogP contribution in [0.2, 0.25) is 5.02 Å². The summed E-state index contributed by atoms with van der Waals surface area (Å²) in [4.78, 5) is 0. The molecule has 1 fully saturated rings. The summed E-state index contributed by atoms with van der Waals surface area (Å²) in [5.74, 6) is 0. The van der Waals surface area contributed by atoms with E-state index >= 15 is 0 Å². The van der Waals surface area contributed by atoms with Crippen molar-refractivity contribution >= 4 is 27.3 Å². The molecule has 29 heavy (non-hydrogen) atoms. The number of rotatable bonds is 4. The van der Waals surface area contributed by atoms with Crippen LogP contribution < -0.4 is 0 Å². The minimum atomic E-state index is -1.47. The Morgan fingerprint density at radius 1 is 0.966 bits per heavy atom. The van der Waals surface area contributed by atoms with Gasteiger partial charge in [0.1, 0.15) is 30.5 Å². The Morgan fingerprint density at radius 2 is 1.69 bits per heavy atom. The second kappa shape index (κ2) is 7.73. The second-order valence-electron chi connectivity index (χ2n) is 7.84. The average molecular weight is 410 g/mol. The van der Waals surface area contributed by atoms with Gasteiger partial charge in [0.2, 0.25) is 0 Å². The summed E-state index contributed by atoms with van der Waals surface area (Å²) >= 11 is 6.41. The molecule has 0 bridgehead atoms. The average Bonchev–Trinajstić information content (AvgIpc) is 2.68. The molecule has 1 heterocycles. The number of hydrogen-bond donors (Lipinski definition) is 4. The van der Waals surface area contributed by atoms with Gasteiger partial charge in [-0.1, -0.05) is 52.7 Å². The van der Waals surface area contributed by atoms with Crippen molar-refractivity contribution in [3.63, 3.8) is 0 Å². The van der Waals surface area contributed by atoms with Crippen LogP contribution in [0.4, 0.5) is 0 Å². The number of benzene rings is 2. The van der Waals surface area contributed by atoms with Crippen molar-refractivity contribution in [3.8, 4) is 0 Å². The number of aryl methyl sites for hydroxylation is 2. The fraction of sp³-hybridized carbons (Fsp3) is 0.429. The van der Waals surface area contributed by atoms with Gasteiger partial charge in [-0.3, -0.25) is 0 Å². The van der Waals surface area contributed by atoms with Gasteiger partial charge in [0.25, 0.3) is 0 Å². The predicted molar refractivity (Wildman–Crippen MR) is 110 cm³/mol. The molecule has 2 aromatic rings. The summed E-state index contributed by atoms with van der Waals surface area (Å²) in [5.41, 5.74) is 4.12. The minimum Gasteiger partial charge on any atom is -0.394 e. The summed E-state index contributed by atoms with van der Waals surface area (Å²) < 4.78 is 5.64. The maximum Gasteiger partial charge on any atom is 0.113 e. The quantitative estimate of drug-likeness (QED) is 0.551. The molecule has 4 radical (unpaired) electrons. The molecular formula is C21H21B2ClO5. The van der Waals surface area contributed by atoms with E-state index < -0.39 is 42.3 Å². The first-order chi connectivity index (χ1) is 13.7. The van der Waals surface area contributed by atoms with Crippen LogP contribution in [0.5, 0.6) is 0 Å². The fourth-order valence-electron chi connectivity index (χ4n) is 4.02. The number of aliphatic hydroxyl groups excluding tert-OH is 4. The first-order valence-corrected chi connectivity index (χ1v) is 9.92. The third-order valence-corrected chi connectivity index (χ3v) is 6.33. The molecule has 1 aliphatic heterocycles. The Labute approximate surface area is 177 Å². The largest absolute Gasteiger partial charge is 0.394 e. The lowest BCUT2D eigenvalue weighted by Gasteiger charge is -2.40. The molecule has 2 aromatic carbocycles. The summed E-state index contributed by atoms with van der Waals surface area (Å²) in [5, 5.41) is 38.9. The highest BCUT2D eigenvalue weighted by Gasteiger charge is 2.44. The molecule has 1 aliphatic carbocycles. The predicted octanol–water partition coefficient (Wildman–Crippen LogP) is 0.492. The third-order valence-electron chi connectivity index (χ3n) is 6.00. The van der Waals surface area contributed by atoms with Gasteiger partial charge in [-0.05, 0) is 41.2 Å². The monoisotopic (exact) mass is 410 g/mol. The molecule has 4 N–H and O–H groups in total. The molecule has 148 valence electrons. The van der Waals surface area contributed by atoms with E-state index in [1.165, 1.54) is 11.1 Å². The highest BCUT2D eigenvalue weighted by Crippen LogP contribution is 2.38. The number of ether oxygens (including phenoxy) is 1. The van der Waals surface area contributed by atoms with Crippen molar-refractivity contribution < 1.29 is 25.2 Å². The topological polar surface area (TPSA) is 90.2 Å². The van der Waals surface area contributed by atoms with E-state index in [-0.39, 0.29) is 0 Å². The molecule has 5 nitrogen and oxygen atoms in total. The maximum atomic E-state index is 10.4. The van der Waals surface area contributed by atoms with E-state index in [0.717, 1.165) is 12.8 Å². The van der Waals surface area contributed by atoms with E-state index in [1.807, 2.05) is 18.2 Å². The van der Waals surface area contributed by atoms with Crippen LogP contribution >= 0.6 is 11.6 Å². The number of halogens is 1. The normalized spacial score (nSPS) is 29.2. The highest BCUT2D eigenvalue weighted by atomic mass is 35.5. The summed E-state index contributed by atoms with van der Waals surface area (Å²) in [6, 6.07) is 10.7. The van der Waals surface area contributed by atoms with Gasteiger partial charge >= 0.3 is 0 Å². The van der Waals surface area contributed by atoms with E-state index in [1.54, 1.807) is 18.2 Å². The van der Waals surface area contributed by atoms with Crippen LogP contribution in [0, 0.1) is 0 Å². The molecule has 4 rings (SSSR count). The standard InChI is InChI=1S/C21H21B2ClO5/c22-21(23,13-5-3-10-1-2-11(10)7-13)14-8-12(4-6-15(14)24)20-19(28)18(27)17(26)16(9-25)29-20/h3-8,16-20,25-28H,1-2,9H2/t16-,17-,18+,19-,20+/m1/s1. The molecule has 8 heteroatoms. The van der Waals surface area contributed by atoms with Crippen molar-refractivity contribution in [2.45, 2.75) is 48.6 Å². The van der Waals surface area contributed by atoms with Gasteiger partial charge in [0, 0.05) is 5.02 Å². The molecule has 5 atom stereocenters. The molecule has 0 unspecified atom stereocenters. The number of aliphatic hydroxyl groups is 4. The van der Waals surface area contributed by atoms with Crippen LogP contribution in [0.3, 0.4) is 0 Å². The van der Waals surface area contributed by atoms with Crippen LogP contribution in [0.1, 0.15) is 33.9 Å². The first-order valence-electron chi connectivity index (χ1n) is 9.54. The second-order valence-corrected chi connectivity index (χ2v) is 8.25. The molecule has 0 amide bonds. The molecule has 2 aliphatic rings. The lowest BCUT2D eigenvalue weighted by molar-refractivity contribution is -0.231. The lowest BCUT2D eigenvalue weighted by atomic mass is 9.47. The summed E-state index contributed by atoms with van der Waals surface area (Å²) in [7, 11) is 13.0. The van der Waals surface area contributed by atoms with Gasteiger partial charge < -0.3 is 25.2 Å². The summed E-state index contributed by atoms with van der Waals surface area (Å²) in [6.07, 6.45) is -4.27. The van der Waals surface area contributed by atoms with Gasteiger partial charge in [-0.2, -0.15) is 0 Å². The molecule has 0 aromatic heterocycles. The van der Waals surface area contributed by atoms with Gasteiger partial charge in [-0.25, -0.2) is 0 Å². The van der Waals surface area contributed by atoms with Gasteiger partial charge in [0.15, 0.2) is 0 Å². The SMILES string of the molecule is [B]C([B])(c1ccc2c(c1)CC2)c1cc([C@@H]2O[C@H](CO)[C@@H](O)[C@H](O)[C@H]2O)ccc1Cl. The van der Waals surface area contributed by atoms with Crippen LogP contribution in [-0.2, 0) is 22.8 Å². The maximum absolute atomic E-state index is 10.4. The van der Waals surface area contributed by atoms with Crippen molar-refractivity contribution in [1.29, 1.82) is 0 Å². The Bertz CT molecular complexity index is 920. The Morgan fingerprint density at radius 3 is 2.31 bits per heavy atom. The van der Waals surface area contributed by atoms with Crippen LogP contribution in [0.25, 0.3) is 0 Å². The molecule has 0 spiro atoms. The molecular weight excluding hydrogens is 389 g/mol.